The van der Waals surface area contributed by atoms with Crippen molar-refractivity contribution in [1.29, 1.82) is 0 Å². The second-order valence-electron chi connectivity index (χ2n) is 7.41. The summed E-state index contributed by atoms with van der Waals surface area (Å²) in [5, 5.41) is 0. The van der Waals surface area contributed by atoms with Crippen LogP contribution in [0.25, 0.3) is 0 Å². The molecule has 3 amide bonds. The van der Waals surface area contributed by atoms with E-state index in [2.05, 4.69) is 0 Å². The number of hydrogen-bond donors (Lipinski definition) is 0. The van der Waals surface area contributed by atoms with Crippen LogP contribution in [0.15, 0.2) is 71.3 Å². The SMILES string of the molecule is CC(=O)Oc1ccc(N2C(=O)CC(N(Cc3ccc(F)cc3)C(=O)c3ccco3)C2=O)cc1. The van der Waals surface area contributed by atoms with Gasteiger partial charge in [0.1, 0.15) is 17.6 Å². The first-order valence-electron chi connectivity index (χ1n) is 10.1. The molecule has 1 atom stereocenters. The number of ether oxygens (including phenoxy) is 1. The van der Waals surface area contributed by atoms with E-state index < -0.39 is 35.5 Å². The van der Waals surface area contributed by atoms with E-state index in [0.717, 1.165) is 4.90 Å². The Kier molecular flexibility index (Phi) is 6.03. The summed E-state index contributed by atoms with van der Waals surface area (Å²) in [6.45, 7) is 1.24. The van der Waals surface area contributed by atoms with E-state index >= 15 is 0 Å². The van der Waals surface area contributed by atoms with Gasteiger partial charge >= 0.3 is 5.97 Å². The molecule has 2 aromatic carbocycles. The van der Waals surface area contributed by atoms with E-state index in [9.17, 15) is 23.6 Å². The average molecular weight is 450 g/mol. The van der Waals surface area contributed by atoms with Crippen molar-refractivity contribution in [1.82, 2.24) is 4.90 Å². The summed E-state index contributed by atoms with van der Waals surface area (Å²) in [5.74, 6) is -2.28. The zero-order valence-electron chi connectivity index (χ0n) is 17.6. The van der Waals surface area contributed by atoms with Crippen LogP contribution >= 0.6 is 0 Å². The van der Waals surface area contributed by atoms with Crippen molar-refractivity contribution in [2.24, 2.45) is 0 Å². The molecule has 2 heterocycles. The van der Waals surface area contributed by atoms with Gasteiger partial charge in [-0.05, 0) is 54.1 Å². The topological polar surface area (TPSA) is 97.1 Å². The number of rotatable bonds is 6. The minimum Gasteiger partial charge on any atom is -0.459 e. The first-order valence-corrected chi connectivity index (χ1v) is 10.1. The molecule has 0 bridgehead atoms. The molecule has 1 aliphatic rings. The van der Waals surface area contributed by atoms with Gasteiger partial charge in [-0.25, -0.2) is 9.29 Å². The number of benzene rings is 2. The van der Waals surface area contributed by atoms with Crippen LogP contribution in [0.2, 0.25) is 0 Å². The van der Waals surface area contributed by atoms with E-state index in [1.165, 1.54) is 72.7 Å². The largest absolute Gasteiger partial charge is 0.459 e. The maximum atomic E-state index is 13.3. The van der Waals surface area contributed by atoms with E-state index in [4.69, 9.17) is 9.15 Å². The molecule has 0 spiro atoms. The fraction of sp³-hybridized carbons (Fsp3) is 0.167. The van der Waals surface area contributed by atoms with Crippen molar-refractivity contribution in [3.63, 3.8) is 0 Å². The number of nitrogens with zero attached hydrogens (tertiary/aromatic N) is 2. The first kappa shape index (κ1) is 21.9. The van der Waals surface area contributed by atoms with E-state index in [1.54, 1.807) is 6.07 Å². The fourth-order valence-electron chi connectivity index (χ4n) is 3.61. The quantitative estimate of drug-likeness (QED) is 0.325. The highest BCUT2D eigenvalue weighted by atomic mass is 19.1. The van der Waals surface area contributed by atoms with E-state index in [-0.39, 0.29) is 30.2 Å². The van der Waals surface area contributed by atoms with Crippen molar-refractivity contribution < 1.29 is 32.7 Å². The molecule has 1 unspecified atom stereocenters. The van der Waals surface area contributed by atoms with Crippen molar-refractivity contribution in [2.75, 3.05) is 4.90 Å². The van der Waals surface area contributed by atoms with Crippen LogP contribution in [-0.4, -0.2) is 34.6 Å². The van der Waals surface area contributed by atoms with Crippen LogP contribution in [0.5, 0.6) is 5.75 Å². The maximum Gasteiger partial charge on any atom is 0.308 e. The van der Waals surface area contributed by atoms with Crippen molar-refractivity contribution in [3.05, 3.63) is 84.1 Å². The number of halogens is 1. The summed E-state index contributed by atoms with van der Waals surface area (Å²) in [6, 6.07) is 13.3. The lowest BCUT2D eigenvalue weighted by Gasteiger charge is -2.27. The molecule has 33 heavy (non-hydrogen) atoms. The fourth-order valence-corrected chi connectivity index (χ4v) is 3.61. The zero-order valence-corrected chi connectivity index (χ0v) is 17.6. The molecule has 0 saturated carbocycles. The minimum atomic E-state index is -1.08. The Morgan fingerprint density at radius 2 is 1.79 bits per heavy atom. The van der Waals surface area contributed by atoms with Crippen molar-refractivity contribution in [2.45, 2.75) is 25.9 Å². The first-order chi connectivity index (χ1) is 15.8. The lowest BCUT2D eigenvalue weighted by Crippen LogP contribution is -2.45. The second-order valence-corrected chi connectivity index (χ2v) is 7.41. The van der Waals surface area contributed by atoms with Crippen LogP contribution in [0.3, 0.4) is 0 Å². The summed E-state index contributed by atoms with van der Waals surface area (Å²) in [6.07, 6.45) is 1.11. The third-order valence-corrected chi connectivity index (χ3v) is 5.11. The number of carbonyl (C=O) groups excluding carboxylic acids is 4. The van der Waals surface area contributed by atoms with Gasteiger partial charge in [-0.3, -0.25) is 19.2 Å². The molecule has 1 fully saturated rings. The Balaban J connectivity index is 1.62. The lowest BCUT2D eigenvalue weighted by molar-refractivity contribution is -0.132. The summed E-state index contributed by atoms with van der Waals surface area (Å²) in [4.78, 5) is 52.5. The molecule has 3 aromatic rings. The molecule has 8 nitrogen and oxygen atoms in total. The Bertz CT molecular complexity index is 1190. The molecular formula is C24H19FN2O6. The van der Waals surface area contributed by atoms with Crippen LogP contribution in [0.1, 0.15) is 29.5 Å². The highest BCUT2D eigenvalue weighted by Crippen LogP contribution is 2.29. The second kappa shape index (κ2) is 9.07. The van der Waals surface area contributed by atoms with Gasteiger partial charge in [-0.2, -0.15) is 0 Å². The molecule has 1 aromatic heterocycles. The molecule has 1 aliphatic heterocycles. The molecule has 1 saturated heterocycles. The monoisotopic (exact) mass is 450 g/mol. The minimum absolute atomic E-state index is 0.0153. The summed E-state index contributed by atoms with van der Waals surface area (Å²) < 4.78 is 23.5. The molecule has 168 valence electrons. The van der Waals surface area contributed by atoms with Gasteiger partial charge in [-0.15, -0.1) is 0 Å². The molecule has 4 rings (SSSR count). The highest BCUT2D eigenvalue weighted by molar-refractivity contribution is 6.23. The van der Waals surface area contributed by atoms with Crippen molar-refractivity contribution >= 4 is 29.4 Å². The number of furan rings is 1. The van der Waals surface area contributed by atoms with E-state index in [0.29, 0.717) is 5.56 Å². The van der Waals surface area contributed by atoms with Gasteiger partial charge in [0.05, 0.1) is 18.4 Å². The van der Waals surface area contributed by atoms with Gasteiger partial charge in [0.25, 0.3) is 11.8 Å². The van der Waals surface area contributed by atoms with Crippen LogP contribution in [0.4, 0.5) is 10.1 Å². The Hall–Kier alpha value is -4.27. The lowest BCUT2D eigenvalue weighted by atomic mass is 10.1. The van der Waals surface area contributed by atoms with Gasteiger partial charge in [-0.1, -0.05) is 12.1 Å². The van der Waals surface area contributed by atoms with Crippen LogP contribution in [0, 0.1) is 5.82 Å². The number of imide groups is 1. The number of amides is 3. The van der Waals surface area contributed by atoms with Crippen molar-refractivity contribution in [3.8, 4) is 5.75 Å². The smallest absolute Gasteiger partial charge is 0.308 e. The zero-order chi connectivity index (χ0) is 23.5. The number of esters is 1. The Morgan fingerprint density at radius 1 is 1.09 bits per heavy atom. The molecule has 0 radical (unpaired) electrons. The van der Waals surface area contributed by atoms with Crippen LogP contribution in [-0.2, 0) is 20.9 Å². The highest BCUT2D eigenvalue weighted by Gasteiger charge is 2.45. The van der Waals surface area contributed by atoms with Gasteiger partial charge in [0.15, 0.2) is 5.76 Å². The Morgan fingerprint density at radius 3 is 2.39 bits per heavy atom. The summed E-state index contributed by atoms with van der Waals surface area (Å²) in [7, 11) is 0. The third kappa shape index (κ3) is 4.67. The predicted molar refractivity (Wildman–Crippen MR) is 114 cm³/mol. The van der Waals surface area contributed by atoms with Crippen LogP contribution < -0.4 is 9.64 Å². The third-order valence-electron chi connectivity index (χ3n) is 5.11. The van der Waals surface area contributed by atoms with Gasteiger partial charge in [0, 0.05) is 13.5 Å². The average Bonchev–Trinajstić information content (AvgIpc) is 3.42. The van der Waals surface area contributed by atoms with Gasteiger partial charge in [0.2, 0.25) is 5.91 Å². The standard InChI is InChI=1S/C24H19FN2O6/c1-15(28)33-19-10-8-18(9-11-19)27-22(29)13-20(23(27)30)26(24(31)21-3-2-12-32-21)14-16-4-6-17(25)7-5-16/h2-12,20H,13-14H2,1H3. The molecular weight excluding hydrogens is 431 g/mol. The Labute approximate surface area is 188 Å². The summed E-state index contributed by atoms with van der Waals surface area (Å²) in [5.41, 5.74) is 0.872. The van der Waals surface area contributed by atoms with E-state index in [1.807, 2.05) is 0 Å². The number of carbonyl (C=O) groups is 4. The number of hydrogen-bond acceptors (Lipinski definition) is 6. The summed E-state index contributed by atoms with van der Waals surface area (Å²) >= 11 is 0. The normalized spacial score (nSPS) is 15.6. The van der Waals surface area contributed by atoms with Gasteiger partial charge < -0.3 is 14.1 Å². The molecule has 9 heteroatoms. The maximum absolute atomic E-state index is 13.3. The predicted octanol–water partition coefficient (Wildman–Crippen LogP) is 3.32. The molecule has 0 aliphatic carbocycles. The molecule has 0 N–H and O–H groups in total. The number of anilines is 1.